The molecule has 1 aromatic heterocycles. The Morgan fingerprint density at radius 3 is 2.76 bits per heavy atom. The summed E-state index contributed by atoms with van der Waals surface area (Å²) in [7, 11) is 0. The van der Waals surface area contributed by atoms with Gasteiger partial charge in [-0.15, -0.1) is 0 Å². The van der Waals surface area contributed by atoms with Gasteiger partial charge < -0.3 is 15.2 Å². The quantitative estimate of drug-likeness (QED) is 0.903. The molecule has 0 aliphatic carbocycles. The molecule has 3 rings (SSSR count). The highest BCUT2D eigenvalue weighted by molar-refractivity contribution is 5.68. The Labute approximate surface area is 124 Å². The van der Waals surface area contributed by atoms with Crippen molar-refractivity contribution in [2.75, 3.05) is 6.54 Å². The highest BCUT2D eigenvalue weighted by Crippen LogP contribution is 2.27. The Balaban J connectivity index is 1.76. The van der Waals surface area contributed by atoms with Crippen LogP contribution in [0.5, 0.6) is 17.2 Å². The molecule has 0 unspecified atom stereocenters. The third kappa shape index (κ3) is 3.23. The van der Waals surface area contributed by atoms with Crippen LogP contribution in [0.1, 0.15) is 18.4 Å². The van der Waals surface area contributed by atoms with Crippen molar-refractivity contribution in [3.05, 3.63) is 54.9 Å². The van der Waals surface area contributed by atoms with Gasteiger partial charge in [0.25, 0.3) is 0 Å². The Hall–Kier alpha value is -2.33. The van der Waals surface area contributed by atoms with Gasteiger partial charge in [-0.05, 0) is 55.3 Å². The summed E-state index contributed by atoms with van der Waals surface area (Å²) in [6, 6.07) is 8.89. The largest absolute Gasteiger partial charge is 0.508 e. The summed E-state index contributed by atoms with van der Waals surface area (Å²) < 4.78 is 5.75. The van der Waals surface area contributed by atoms with Gasteiger partial charge >= 0.3 is 0 Å². The lowest BCUT2D eigenvalue weighted by molar-refractivity contribution is 0.463. The van der Waals surface area contributed by atoms with Crippen LogP contribution >= 0.6 is 0 Å². The lowest BCUT2D eigenvalue weighted by atomic mass is 10.0. The van der Waals surface area contributed by atoms with Crippen molar-refractivity contribution >= 4 is 5.57 Å². The molecule has 1 aliphatic rings. The number of hydrogen-bond acceptors (Lipinski definition) is 4. The van der Waals surface area contributed by atoms with E-state index in [9.17, 15) is 5.11 Å². The highest BCUT2D eigenvalue weighted by Gasteiger charge is 2.18. The molecule has 0 spiro atoms. The lowest BCUT2D eigenvalue weighted by Gasteiger charge is -2.14. The molecule has 0 saturated carbocycles. The smallest absolute Gasteiger partial charge is 0.146 e. The maximum atomic E-state index is 9.27. The standard InChI is InChI=1S/C17H18N2O2/c1-12(17-3-2-8-19-17)13-9-16(11-18-10-13)21-15-6-4-14(20)5-7-15/h4-7,9-11,17,19-20H,1-3,8H2/t17-/m0/s1. The van der Waals surface area contributed by atoms with E-state index in [2.05, 4.69) is 16.9 Å². The van der Waals surface area contributed by atoms with Crippen molar-refractivity contribution in [2.24, 2.45) is 0 Å². The summed E-state index contributed by atoms with van der Waals surface area (Å²) in [6.07, 6.45) is 5.78. The summed E-state index contributed by atoms with van der Waals surface area (Å²) in [5, 5.41) is 12.7. The fourth-order valence-electron chi connectivity index (χ4n) is 2.48. The van der Waals surface area contributed by atoms with E-state index in [0.29, 0.717) is 17.5 Å². The van der Waals surface area contributed by atoms with Gasteiger partial charge in [-0.3, -0.25) is 4.98 Å². The molecule has 0 amide bonds. The number of phenolic OH excluding ortho intramolecular Hbond substituents is 1. The van der Waals surface area contributed by atoms with Crippen molar-refractivity contribution < 1.29 is 9.84 Å². The lowest BCUT2D eigenvalue weighted by Crippen LogP contribution is -2.22. The number of rotatable bonds is 4. The summed E-state index contributed by atoms with van der Waals surface area (Å²) >= 11 is 0. The van der Waals surface area contributed by atoms with Crippen LogP contribution in [0.4, 0.5) is 0 Å². The Kier molecular flexibility index (Phi) is 3.88. The average molecular weight is 282 g/mol. The van der Waals surface area contributed by atoms with Crippen LogP contribution < -0.4 is 10.1 Å². The second kappa shape index (κ2) is 5.97. The molecule has 108 valence electrons. The van der Waals surface area contributed by atoms with E-state index in [1.807, 2.05) is 12.3 Å². The number of aromatic nitrogens is 1. The van der Waals surface area contributed by atoms with Gasteiger partial charge in [0.2, 0.25) is 0 Å². The van der Waals surface area contributed by atoms with Crippen molar-refractivity contribution in [3.8, 4) is 17.2 Å². The number of pyridine rings is 1. The summed E-state index contributed by atoms with van der Waals surface area (Å²) in [5.41, 5.74) is 2.04. The fourth-order valence-corrected chi connectivity index (χ4v) is 2.48. The first-order valence-electron chi connectivity index (χ1n) is 7.07. The number of hydrogen-bond donors (Lipinski definition) is 2. The van der Waals surface area contributed by atoms with Gasteiger partial charge in [-0.2, -0.15) is 0 Å². The second-order valence-corrected chi connectivity index (χ2v) is 5.18. The SMILES string of the molecule is C=C(c1cncc(Oc2ccc(O)cc2)c1)[C@@H]1CCCN1. The summed E-state index contributed by atoms with van der Waals surface area (Å²) in [6.45, 7) is 5.22. The molecule has 21 heavy (non-hydrogen) atoms. The third-order valence-electron chi connectivity index (χ3n) is 3.64. The first-order chi connectivity index (χ1) is 10.2. The predicted molar refractivity (Wildman–Crippen MR) is 82.5 cm³/mol. The maximum Gasteiger partial charge on any atom is 0.146 e. The summed E-state index contributed by atoms with van der Waals surface area (Å²) in [5.74, 6) is 1.55. The Bertz CT molecular complexity index is 631. The van der Waals surface area contributed by atoms with Gasteiger partial charge in [0.1, 0.15) is 17.2 Å². The van der Waals surface area contributed by atoms with E-state index in [4.69, 9.17) is 4.74 Å². The number of nitrogens with one attached hydrogen (secondary N) is 1. The number of ether oxygens (including phenoxy) is 1. The van der Waals surface area contributed by atoms with Gasteiger partial charge in [-0.25, -0.2) is 0 Å². The maximum absolute atomic E-state index is 9.27. The molecule has 1 atom stereocenters. The molecule has 4 nitrogen and oxygen atoms in total. The molecule has 1 fully saturated rings. The zero-order valence-corrected chi connectivity index (χ0v) is 11.7. The normalized spacial score (nSPS) is 17.6. The third-order valence-corrected chi connectivity index (χ3v) is 3.64. The topological polar surface area (TPSA) is 54.4 Å². The van der Waals surface area contributed by atoms with Crippen molar-refractivity contribution in [1.29, 1.82) is 0 Å². The molecular formula is C17H18N2O2. The molecular weight excluding hydrogens is 264 g/mol. The number of phenols is 1. The summed E-state index contributed by atoms with van der Waals surface area (Å²) in [4.78, 5) is 4.23. The number of aromatic hydroxyl groups is 1. The van der Waals surface area contributed by atoms with Gasteiger partial charge in [-0.1, -0.05) is 6.58 Å². The minimum atomic E-state index is 0.218. The first kappa shape index (κ1) is 13.6. The van der Waals surface area contributed by atoms with Crippen LogP contribution in [0.15, 0.2) is 49.3 Å². The fraction of sp³-hybridized carbons (Fsp3) is 0.235. The van der Waals surface area contributed by atoms with Crippen LogP contribution in [-0.4, -0.2) is 22.7 Å². The van der Waals surface area contributed by atoms with Crippen LogP contribution in [0.25, 0.3) is 5.57 Å². The molecule has 2 aromatic rings. The average Bonchev–Trinajstić information content (AvgIpc) is 3.03. The minimum Gasteiger partial charge on any atom is -0.508 e. The zero-order chi connectivity index (χ0) is 14.7. The Morgan fingerprint density at radius 1 is 1.24 bits per heavy atom. The van der Waals surface area contributed by atoms with E-state index in [0.717, 1.165) is 24.1 Å². The van der Waals surface area contributed by atoms with Crippen molar-refractivity contribution in [3.63, 3.8) is 0 Å². The monoisotopic (exact) mass is 282 g/mol. The van der Waals surface area contributed by atoms with Crippen molar-refractivity contribution in [2.45, 2.75) is 18.9 Å². The van der Waals surface area contributed by atoms with Gasteiger partial charge in [0.05, 0.1) is 6.20 Å². The molecule has 1 saturated heterocycles. The van der Waals surface area contributed by atoms with E-state index in [1.54, 1.807) is 30.5 Å². The van der Waals surface area contributed by atoms with E-state index in [-0.39, 0.29) is 5.75 Å². The van der Waals surface area contributed by atoms with Crippen LogP contribution in [0.3, 0.4) is 0 Å². The van der Waals surface area contributed by atoms with Crippen LogP contribution in [-0.2, 0) is 0 Å². The molecule has 0 radical (unpaired) electrons. The molecule has 2 N–H and O–H groups in total. The van der Waals surface area contributed by atoms with E-state index in [1.165, 1.54) is 6.42 Å². The molecule has 2 heterocycles. The number of benzene rings is 1. The van der Waals surface area contributed by atoms with Crippen molar-refractivity contribution in [1.82, 2.24) is 10.3 Å². The zero-order valence-electron chi connectivity index (χ0n) is 11.7. The molecule has 4 heteroatoms. The first-order valence-corrected chi connectivity index (χ1v) is 7.07. The Morgan fingerprint density at radius 2 is 2.05 bits per heavy atom. The van der Waals surface area contributed by atoms with Crippen LogP contribution in [0, 0.1) is 0 Å². The highest BCUT2D eigenvalue weighted by atomic mass is 16.5. The minimum absolute atomic E-state index is 0.218. The van der Waals surface area contributed by atoms with E-state index < -0.39 is 0 Å². The van der Waals surface area contributed by atoms with E-state index >= 15 is 0 Å². The molecule has 1 aliphatic heterocycles. The van der Waals surface area contributed by atoms with Gasteiger partial charge in [0.15, 0.2) is 0 Å². The number of nitrogens with zero attached hydrogens (tertiary/aromatic N) is 1. The predicted octanol–water partition coefficient (Wildman–Crippen LogP) is 3.34. The molecule has 0 bridgehead atoms. The second-order valence-electron chi connectivity index (χ2n) is 5.18. The van der Waals surface area contributed by atoms with Crippen LogP contribution in [0.2, 0.25) is 0 Å². The van der Waals surface area contributed by atoms with Gasteiger partial charge in [0, 0.05) is 17.8 Å². The molecule has 1 aromatic carbocycles.